The zero-order valence-corrected chi connectivity index (χ0v) is 7.83. The van der Waals surface area contributed by atoms with Gasteiger partial charge >= 0.3 is 0 Å². The van der Waals surface area contributed by atoms with E-state index in [2.05, 4.69) is 18.2 Å². The molecule has 2 rings (SSSR count). The third-order valence-corrected chi connectivity index (χ3v) is 2.29. The van der Waals surface area contributed by atoms with Crippen molar-refractivity contribution >= 4 is 17.2 Å². The summed E-state index contributed by atoms with van der Waals surface area (Å²) in [6.07, 6.45) is 6.09. The third kappa shape index (κ3) is 1.58. The second-order valence-electron chi connectivity index (χ2n) is 2.87. The van der Waals surface area contributed by atoms with Crippen LogP contribution in [0.4, 0.5) is 0 Å². The van der Waals surface area contributed by atoms with Gasteiger partial charge in [0.1, 0.15) is 0 Å². The van der Waals surface area contributed by atoms with E-state index in [4.69, 9.17) is 11.6 Å². The second kappa shape index (κ2) is 3.63. The smallest absolute Gasteiger partial charge is 0.0121 e. The highest BCUT2D eigenvalue weighted by molar-refractivity contribution is 6.27. The van der Waals surface area contributed by atoms with Crippen molar-refractivity contribution in [1.29, 1.82) is 0 Å². The summed E-state index contributed by atoms with van der Waals surface area (Å²) in [5.74, 6) is 0. The molecule has 13 heavy (non-hydrogen) atoms. The highest BCUT2D eigenvalue weighted by Gasteiger charge is 2.07. The van der Waals surface area contributed by atoms with Gasteiger partial charge in [0.15, 0.2) is 0 Å². The Morgan fingerprint density at radius 1 is 1.08 bits per heavy atom. The Kier molecular flexibility index (Phi) is 2.33. The summed E-state index contributed by atoms with van der Waals surface area (Å²) in [6, 6.07) is 10.2. The molecule has 0 saturated carbocycles. The van der Waals surface area contributed by atoms with Crippen molar-refractivity contribution in [3.8, 4) is 0 Å². The summed E-state index contributed by atoms with van der Waals surface area (Å²) in [5.41, 5.74) is 5.09. The molecule has 0 aliphatic heterocycles. The van der Waals surface area contributed by atoms with Crippen LogP contribution >= 0.6 is 11.6 Å². The monoisotopic (exact) mass is 188 g/mol. The molecule has 0 saturated heterocycles. The van der Waals surface area contributed by atoms with E-state index in [1.807, 2.05) is 30.4 Å². The summed E-state index contributed by atoms with van der Waals surface area (Å²) in [7, 11) is 0. The van der Waals surface area contributed by atoms with E-state index >= 15 is 0 Å². The van der Waals surface area contributed by atoms with Gasteiger partial charge in [0.05, 0.1) is 0 Å². The topological polar surface area (TPSA) is 0 Å². The van der Waals surface area contributed by atoms with Crippen LogP contribution in [0, 0.1) is 0 Å². The maximum atomic E-state index is 5.70. The van der Waals surface area contributed by atoms with Crippen LogP contribution in [0.1, 0.15) is 5.56 Å². The molecule has 1 aliphatic carbocycles. The Labute approximate surface area is 82.8 Å². The fraction of sp³-hybridized carbons (Fsp3) is 0. The van der Waals surface area contributed by atoms with Gasteiger partial charge in [-0.3, -0.25) is 0 Å². The maximum Gasteiger partial charge on any atom is 0.0121 e. The number of allylic oxidation sites excluding steroid dienone is 5. The molecule has 1 aromatic rings. The molecule has 0 heterocycles. The van der Waals surface area contributed by atoms with Crippen LogP contribution in [0.5, 0.6) is 0 Å². The number of benzene rings is 1. The van der Waals surface area contributed by atoms with Crippen LogP contribution in [0.2, 0.25) is 0 Å². The predicted octanol–water partition coefficient (Wildman–Crippen LogP) is 3.76. The standard InChI is InChI=1S/C12H9Cl/c13-9-11-7-4-8-12(11)10-5-2-1-3-6-10/h1-9H. The summed E-state index contributed by atoms with van der Waals surface area (Å²) in [4.78, 5) is 0. The van der Waals surface area contributed by atoms with E-state index in [0.29, 0.717) is 0 Å². The van der Waals surface area contributed by atoms with E-state index in [9.17, 15) is 0 Å². The van der Waals surface area contributed by atoms with Gasteiger partial charge in [0.25, 0.3) is 0 Å². The van der Waals surface area contributed by atoms with Gasteiger partial charge in [-0.25, -0.2) is 0 Å². The van der Waals surface area contributed by atoms with Gasteiger partial charge < -0.3 is 0 Å². The van der Waals surface area contributed by atoms with Crippen LogP contribution in [-0.4, -0.2) is 0 Å². The molecular weight excluding hydrogens is 180 g/mol. The highest BCUT2D eigenvalue weighted by Crippen LogP contribution is 2.28. The largest absolute Gasteiger partial charge is 0.0923 e. The van der Waals surface area contributed by atoms with Crippen LogP contribution in [0.3, 0.4) is 0 Å². The summed E-state index contributed by atoms with van der Waals surface area (Å²) in [5, 5.41) is 0. The minimum Gasteiger partial charge on any atom is -0.0923 e. The fourth-order valence-corrected chi connectivity index (χ4v) is 1.60. The molecular formula is C12H9Cl. The number of hydrogen-bond donors (Lipinski definition) is 0. The molecule has 0 spiro atoms. The Balaban J connectivity index is 2.40. The van der Waals surface area contributed by atoms with Gasteiger partial charge in [0, 0.05) is 5.54 Å². The highest BCUT2D eigenvalue weighted by atomic mass is 35.5. The Morgan fingerprint density at radius 3 is 2.54 bits per heavy atom. The molecule has 1 heteroatoms. The molecule has 0 amide bonds. The van der Waals surface area contributed by atoms with E-state index in [-0.39, 0.29) is 0 Å². The molecule has 0 fully saturated rings. The number of hydrogen-bond acceptors (Lipinski definition) is 0. The van der Waals surface area contributed by atoms with Gasteiger partial charge in [-0.15, -0.1) is 0 Å². The zero-order chi connectivity index (χ0) is 9.10. The SMILES string of the molecule is ClC=C1C=CC=C1c1ccccc1. The first-order chi connectivity index (χ1) is 6.42. The first kappa shape index (κ1) is 8.33. The number of halogens is 1. The van der Waals surface area contributed by atoms with Crippen LogP contribution < -0.4 is 0 Å². The lowest BCUT2D eigenvalue weighted by molar-refractivity contribution is 1.60. The van der Waals surface area contributed by atoms with Gasteiger partial charge in [0.2, 0.25) is 0 Å². The van der Waals surface area contributed by atoms with Gasteiger partial charge in [-0.2, -0.15) is 0 Å². The molecule has 0 nitrogen and oxygen atoms in total. The van der Waals surface area contributed by atoms with E-state index in [1.165, 1.54) is 11.1 Å². The zero-order valence-electron chi connectivity index (χ0n) is 7.07. The van der Waals surface area contributed by atoms with Crippen molar-refractivity contribution in [2.75, 3.05) is 0 Å². The van der Waals surface area contributed by atoms with E-state index in [1.54, 1.807) is 5.54 Å². The third-order valence-electron chi connectivity index (χ3n) is 2.05. The Hall–Kier alpha value is -1.27. The molecule has 0 atom stereocenters. The molecule has 1 aromatic carbocycles. The normalized spacial score (nSPS) is 17.9. The van der Waals surface area contributed by atoms with Gasteiger partial charge in [-0.05, 0) is 16.7 Å². The first-order valence-corrected chi connectivity index (χ1v) is 4.60. The van der Waals surface area contributed by atoms with Crippen molar-refractivity contribution in [3.63, 3.8) is 0 Å². The summed E-state index contributed by atoms with van der Waals surface area (Å²) < 4.78 is 0. The van der Waals surface area contributed by atoms with Crippen molar-refractivity contribution in [3.05, 3.63) is 65.2 Å². The molecule has 0 radical (unpaired) electrons. The summed E-state index contributed by atoms with van der Waals surface area (Å²) >= 11 is 5.70. The molecule has 0 bridgehead atoms. The molecule has 0 aromatic heterocycles. The van der Waals surface area contributed by atoms with Crippen molar-refractivity contribution in [2.24, 2.45) is 0 Å². The average Bonchev–Trinajstić information content (AvgIpc) is 2.67. The van der Waals surface area contributed by atoms with Crippen molar-refractivity contribution in [1.82, 2.24) is 0 Å². The predicted molar refractivity (Wildman–Crippen MR) is 57.5 cm³/mol. The molecule has 1 aliphatic rings. The van der Waals surface area contributed by atoms with Crippen molar-refractivity contribution in [2.45, 2.75) is 0 Å². The fourth-order valence-electron chi connectivity index (χ4n) is 1.41. The van der Waals surface area contributed by atoms with E-state index < -0.39 is 0 Å². The quantitative estimate of drug-likeness (QED) is 0.630. The summed E-state index contributed by atoms with van der Waals surface area (Å²) in [6.45, 7) is 0. The van der Waals surface area contributed by atoms with Crippen molar-refractivity contribution < 1.29 is 0 Å². The Morgan fingerprint density at radius 2 is 1.85 bits per heavy atom. The lowest BCUT2D eigenvalue weighted by atomic mass is 10.0. The number of rotatable bonds is 1. The lowest BCUT2D eigenvalue weighted by Crippen LogP contribution is -1.82. The first-order valence-electron chi connectivity index (χ1n) is 4.16. The maximum absolute atomic E-state index is 5.70. The minimum atomic E-state index is 1.08. The average molecular weight is 189 g/mol. The molecule has 0 N–H and O–H groups in total. The van der Waals surface area contributed by atoms with Crippen LogP contribution in [0.15, 0.2) is 59.7 Å². The van der Waals surface area contributed by atoms with Crippen LogP contribution in [-0.2, 0) is 0 Å². The van der Waals surface area contributed by atoms with Crippen LogP contribution in [0.25, 0.3) is 5.57 Å². The van der Waals surface area contributed by atoms with Gasteiger partial charge in [-0.1, -0.05) is 60.2 Å². The molecule has 0 unspecified atom stereocenters. The van der Waals surface area contributed by atoms with E-state index in [0.717, 1.165) is 5.57 Å². The lowest BCUT2D eigenvalue weighted by Gasteiger charge is -2.03. The second-order valence-corrected chi connectivity index (χ2v) is 3.09. The minimum absolute atomic E-state index is 1.08. The molecule has 64 valence electrons. The Bertz CT molecular complexity index is 383.